The zero-order valence-electron chi connectivity index (χ0n) is 41.6. The number of rotatable bonds is 51. The average molecular weight is 874 g/mol. The molecule has 6 heteroatoms. The molecule has 0 bridgehead atoms. The number of carbonyl (C=O) groups is 2. The maximum Gasteiger partial charge on any atom is 0.305 e. The maximum atomic E-state index is 12.5. The van der Waals surface area contributed by atoms with E-state index in [4.69, 9.17) is 4.74 Å². The van der Waals surface area contributed by atoms with E-state index in [-0.39, 0.29) is 18.5 Å². The molecule has 62 heavy (non-hydrogen) atoms. The zero-order chi connectivity index (χ0) is 45.1. The van der Waals surface area contributed by atoms with Crippen LogP contribution in [0.1, 0.15) is 296 Å². The Hall–Kier alpha value is -1.66. The summed E-state index contributed by atoms with van der Waals surface area (Å²) < 4.78 is 5.47. The fourth-order valence-electron chi connectivity index (χ4n) is 8.49. The monoisotopic (exact) mass is 874 g/mol. The molecule has 0 saturated carbocycles. The van der Waals surface area contributed by atoms with E-state index in [9.17, 15) is 19.8 Å². The lowest BCUT2D eigenvalue weighted by Crippen LogP contribution is -2.45. The summed E-state index contributed by atoms with van der Waals surface area (Å²) in [5.74, 6) is -0.0736. The highest BCUT2D eigenvalue weighted by Gasteiger charge is 2.20. The minimum atomic E-state index is -0.677. The molecule has 0 heterocycles. The van der Waals surface area contributed by atoms with Gasteiger partial charge in [0.2, 0.25) is 5.91 Å². The van der Waals surface area contributed by atoms with Crippen LogP contribution in [0.25, 0.3) is 0 Å². The van der Waals surface area contributed by atoms with Gasteiger partial charge in [0.25, 0.3) is 0 Å². The number of hydrogen-bond donors (Lipinski definition) is 3. The van der Waals surface area contributed by atoms with Gasteiger partial charge in [-0.2, -0.15) is 0 Å². The second kappa shape index (κ2) is 52.0. The van der Waals surface area contributed by atoms with Gasteiger partial charge in [0, 0.05) is 12.8 Å². The molecular weight excluding hydrogens is 767 g/mol. The molecule has 0 aliphatic heterocycles. The summed E-state index contributed by atoms with van der Waals surface area (Å²) in [7, 11) is 0. The Kier molecular flexibility index (Phi) is 50.6. The lowest BCUT2D eigenvalue weighted by atomic mass is 10.0. The van der Waals surface area contributed by atoms with Crippen molar-refractivity contribution >= 4 is 11.9 Å². The maximum absolute atomic E-state index is 12.5. The number of aliphatic hydroxyl groups is 2. The van der Waals surface area contributed by atoms with Crippen LogP contribution < -0.4 is 5.32 Å². The number of amides is 1. The lowest BCUT2D eigenvalue weighted by Gasteiger charge is -2.22. The van der Waals surface area contributed by atoms with E-state index in [1.165, 1.54) is 199 Å². The average Bonchev–Trinajstić information content (AvgIpc) is 3.27. The number of esters is 1. The van der Waals surface area contributed by atoms with Crippen molar-refractivity contribution in [2.75, 3.05) is 13.2 Å². The molecule has 6 nitrogen and oxygen atoms in total. The van der Waals surface area contributed by atoms with Gasteiger partial charge < -0.3 is 20.3 Å². The molecule has 2 unspecified atom stereocenters. The molecule has 0 aliphatic carbocycles. The Morgan fingerprint density at radius 1 is 0.452 bits per heavy atom. The van der Waals surface area contributed by atoms with Crippen LogP contribution in [0.15, 0.2) is 24.3 Å². The molecule has 0 spiro atoms. The van der Waals surface area contributed by atoms with E-state index >= 15 is 0 Å². The largest absolute Gasteiger partial charge is 0.466 e. The Labute approximate surface area is 386 Å². The molecule has 0 aromatic carbocycles. The van der Waals surface area contributed by atoms with Crippen molar-refractivity contribution in [1.29, 1.82) is 0 Å². The quantitative estimate of drug-likeness (QED) is 0.0321. The van der Waals surface area contributed by atoms with Gasteiger partial charge in [0.1, 0.15) is 0 Å². The smallest absolute Gasteiger partial charge is 0.305 e. The van der Waals surface area contributed by atoms with Crippen molar-refractivity contribution in [3.63, 3.8) is 0 Å². The highest BCUT2D eigenvalue weighted by molar-refractivity contribution is 5.76. The van der Waals surface area contributed by atoms with Gasteiger partial charge in [-0.05, 0) is 57.8 Å². The summed E-state index contributed by atoms with van der Waals surface area (Å²) in [6.07, 6.45) is 61.5. The predicted molar refractivity (Wildman–Crippen MR) is 269 cm³/mol. The van der Waals surface area contributed by atoms with Crippen LogP contribution in [0.4, 0.5) is 0 Å². The molecule has 0 aromatic rings. The zero-order valence-corrected chi connectivity index (χ0v) is 41.6. The van der Waals surface area contributed by atoms with E-state index in [1.807, 2.05) is 0 Å². The highest BCUT2D eigenvalue weighted by Crippen LogP contribution is 2.17. The summed E-state index contributed by atoms with van der Waals surface area (Å²) in [4.78, 5) is 24.5. The molecular formula is C56H107NO5. The van der Waals surface area contributed by atoms with Crippen LogP contribution in [0.3, 0.4) is 0 Å². The molecule has 0 aliphatic rings. The van der Waals surface area contributed by atoms with E-state index in [0.29, 0.717) is 25.9 Å². The van der Waals surface area contributed by atoms with Crippen LogP contribution >= 0.6 is 0 Å². The third-order valence-electron chi connectivity index (χ3n) is 12.8. The van der Waals surface area contributed by atoms with Crippen molar-refractivity contribution < 1.29 is 24.5 Å². The summed E-state index contributed by atoms with van der Waals surface area (Å²) >= 11 is 0. The number of ether oxygens (including phenoxy) is 1. The van der Waals surface area contributed by atoms with E-state index in [1.54, 1.807) is 0 Å². The first-order valence-electron chi connectivity index (χ1n) is 27.6. The van der Waals surface area contributed by atoms with Gasteiger partial charge in [0.05, 0.1) is 25.4 Å². The molecule has 0 radical (unpaired) electrons. The van der Waals surface area contributed by atoms with Crippen LogP contribution in [0, 0.1) is 0 Å². The van der Waals surface area contributed by atoms with Crippen LogP contribution in [0.2, 0.25) is 0 Å². The van der Waals surface area contributed by atoms with Gasteiger partial charge in [-0.3, -0.25) is 9.59 Å². The van der Waals surface area contributed by atoms with Crippen molar-refractivity contribution in [2.45, 2.75) is 309 Å². The van der Waals surface area contributed by atoms with Crippen molar-refractivity contribution in [1.82, 2.24) is 5.32 Å². The van der Waals surface area contributed by atoms with E-state index in [2.05, 4.69) is 43.5 Å². The predicted octanol–water partition coefficient (Wildman–Crippen LogP) is 16.7. The van der Waals surface area contributed by atoms with Crippen LogP contribution in [-0.2, 0) is 14.3 Å². The third-order valence-corrected chi connectivity index (χ3v) is 12.8. The molecule has 3 N–H and O–H groups in total. The van der Waals surface area contributed by atoms with E-state index in [0.717, 1.165) is 64.2 Å². The number of nitrogens with one attached hydrogen (secondary N) is 1. The Balaban J connectivity index is 3.47. The fourth-order valence-corrected chi connectivity index (χ4v) is 8.49. The summed E-state index contributed by atoms with van der Waals surface area (Å²) in [6, 6.07) is -0.556. The number of aliphatic hydroxyl groups excluding tert-OH is 2. The fraction of sp³-hybridized carbons (Fsp3) is 0.893. The third kappa shape index (κ3) is 47.8. The molecule has 0 fully saturated rings. The first-order valence-corrected chi connectivity index (χ1v) is 27.6. The van der Waals surface area contributed by atoms with Gasteiger partial charge in [-0.25, -0.2) is 0 Å². The van der Waals surface area contributed by atoms with Crippen molar-refractivity contribution in [3.05, 3.63) is 24.3 Å². The van der Waals surface area contributed by atoms with Crippen molar-refractivity contribution in [3.8, 4) is 0 Å². The number of carbonyl (C=O) groups excluding carboxylic acids is 2. The topological polar surface area (TPSA) is 95.9 Å². The molecule has 0 saturated heterocycles. The van der Waals surface area contributed by atoms with Gasteiger partial charge in [-0.15, -0.1) is 0 Å². The minimum Gasteiger partial charge on any atom is -0.466 e. The minimum absolute atomic E-state index is 0.0209. The molecule has 0 rings (SSSR count). The number of unbranched alkanes of at least 4 members (excludes halogenated alkanes) is 36. The Morgan fingerprint density at radius 2 is 0.806 bits per heavy atom. The summed E-state index contributed by atoms with van der Waals surface area (Å²) in [5, 5.41) is 23.3. The second-order valence-corrected chi connectivity index (χ2v) is 18.9. The van der Waals surface area contributed by atoms with Crippen LogP contribution in [-0.4, -0.2) is 47.4 Å². The van der Waals surface area contributed by atoms with Gasteiger partial charge in [-0.1, -0.05) is 250 Å². The SMILES string of the molecule is CCCCC/C=C\C/C=C\CCCCCCCCCC(=O)OCCCCCCCCCCCCCC(=O)NC(CO)C(O)CCCCCCCCCCCCCCCCCCC. The van der Waals surface area contributed by atoms with Crippen LogP contribution in [0.5, 0.6) is 0 Å². The summed E-state index contributed by atoms with van der Waals surface area (Å²) in [5.41, 5.74) is 0. The first kappa shape index (κ1) is 60.3. The molecule has 2 atom stereocenters. The molecule has 1 amide bonds. The Morgan fingerprint density at radius 3 is 1.26 bits per heavy atom. The number of allylic oxidation sites excluding steroid dienone is 4. The van der Waals surface area contributed by atoms with E-state index < -0.39 is 12.1 Å². The van der Waals surface area contributed by atoms with Gasteiger partial charge in [0.15, 0.2) is 0 Å². The van der Waals surface area contributed by atoms with Crippen molar-refractivity contribution in [2.24, 2.45) is 0 Å². The normalized spacial score (nSPS) is 12.8. The van der Waals surface area contributed by atoms with Gasteiger partial charge >= 0.3 is 5.97 Å². The molecule has 0 aromatic heterocycles. The second-order valence-electron chi connectivity index (χ2n) is 18.9. The standard InChI is InChI=1S/C56H107NO5/c1-3-5-7-9-11-13-15-17-19-21-23-25-28-32-36-40-44-48-54(59)53(52-58)57-55(60)49-45-41-37-33-29-27-31-35-39-43-47-51-62-56(61)50-46-42-38-34-30-26-24-22-20-18-16-14-12-10-8-6-4-2/h12,14,18,20,53-54,58-59H,3-11,13,15-17,19,21-52H2,1-2H3,(H,57,60)/b14-12-,20-18-. The first-order chi connectivity index (χ1) is 30.5. The lowest BCUT2D eigenvalue weighted by molar-refractivity contribution is -0.143. The highest BCUT2D eigenvalue weighted by atomic mass is 16.5. The molecule has 366 valence electrons. The Bertz CT molecular complexity index is 966. The summed E-state index contributed by atoms with van der Waals surface area (Å²) in [6.45, 7) is 4.89. The number of hydrogen-bond acceptors (Lipinski definition) is 5.